The zero-order valence-electron chi connectivity index (χ0n) is 10.7. The highest BCUT2D eigenvalue weighted by molar-refractivity contribution is 14.1. The molecule has 1 aromatic carbocycles. The number of nitrogens with one attached hydrogen (secondary N) is 1. The van der Waals surface area contributed by atoms with E-state index in [0.717, 1.165) is 19.4 Å². The van der Waals surface area contributed by atoms with E-state index in [9.17, 15) is 4.79 Å². The van der Waals surface area contributed by atoms with E-state index in [1.807, 2.05) is 0 Å². The molecule has 0 aromatic heterocycles. The van der Waals surface area contributed by atoms with Gasteiger partial charge in [-0.05, 0) is 73.0 Å². The number of hydrogen-bond acceptors (Lipinski definition) is 2. The largest absolute Gasteiger partial charge is 0.481 e. The fourth-order valence-corrected chi connectivity index (χ4v) is 2.08. The molecule has 0 amide bonds. The first kappa shape index (κ1) is 15.4. The molecular weight excluding hydrogens is 341 g/mol. The first-order chi connectivity index (χ1) is 8.58. The predicted octanol–water partition coefficient (Wildman–Crippen LogP) is 3.07. The Bertz CT molecular complexity index is 365. The summed E-state index contributed by atoms with van der Waals surface area (Å²) in [5.41, 5.74) is 1.36. The zero-order chi connectivity index (χ0) is 13.4. The fourth-order valence-electron chi connectivity index (χ4n) is 1.72. The van der Waals surface area contributed by atoms with Crippen LogP contribution in [-0.2, 0) is 11.2 Å². The highest BCUT2D eigenvalue weighted by Crippen LogP contribution is 2.09. The maximum Gasteiger partial charge on any atom is 0.303 e. The van der Waals surface area contributed by atoms with Gasteiger partial charge in [0.25, 0.3) is 0 Å². The van der Waals surface area contributed by atoms with E-state index in [-0.39, 0.29) is 6.42 Å². The summed E-state index contributed by atoms with van der Waals surface area (Å²) in [6.45, 7) is 2.92. The van der Waals surface area contributed by atoms with E-state index in [2.05, 4.69) is 59.1 Å². The van der Waals surface area contributed by atoms with Gasteiger partial charge in [0.1, 0.15) is 0 Å². The van der Waals surface area contributed by atoms with Crippen LogP contribution in [0.2, 0.25) is 0 Å². The second-order valence-corrected chi connectivity index (χ2v) is 5.76. The van der Waals surface area contributed by atoms with E-state index in [4.69, 9.17) is 5.11 Å². The number of halogens is 1. The lowest BCUT2D eigenvalue weighted by molar-refractivity contribution is -0.137. The average Bonchev–Trinajstić information content (AvgIpc) is 2.34. The highest BCUT2D eigenvalue weighted by Gasteiger charge is 2.03. The van der Waals surface area contributed by atoms with Crippen molar-refractivity contribution in [3.8, 4) is 0 Å². The molecule has 0 radical (unpaired) electrons. The van der Waals surface area contributed by atoms with Crippen LogP contribution in [0.25, 0.3) is 0 Å². The van der Waals surface area contributed by atoms with Gasteiger partial charge in [-0.3, -0.25) is 4.79 Å². The number of aliphatic carboxylic acids is 1. The number of carboxylic acid groups (broad SMARTS) is 1. The third kappa shape index (κ3) is 6.96. The molecule has 0 aliphatic heterocycles. The summed E-state index contributed by atoms with van der Waals surface area (Å²) in [5.74, 6) is -0.719. The summed E-state index contributed by atoms with van der Waals surface area (Å²) in [5, 5.41) is 11.9. The standard InChI is InChI=1S/C14H20INO2/c1-11(16-10-2-3-14(17)18)4-5-12-6-8-13(15)9-7-12/h6-9,11,16H,2-5,10H2,1H3,(H,17,18). The summed E-state index contributed by atoms with van der Waals surface area (Å²) < 4.78 is 1.26. The highest BCUT2D eigenvalue weighted by atomic mass is 127. The van der Waals surface area contributed by atoms with Crippen LogP contribution < -0.4 is 5.32 Å². The molecule has 3 nitrogen and oxygen atoms in total. The van der Waals surface area contributed by atoms with Crippen molar-refractivity contribution in [3.63, 3.8) is 0 Å². The SMILES string of the molecule is CC(CCc1ccc(I)cc1)NCCCC(=O)O. The Hall–Kier alpha value is -0.620. The number of hydrogen-bond donors (Lipinski definition) is 2. The van der Waals surface area contributed by atoms with Crippen molar-refractivity contribution in [1.29, 1.82) is 0 Å². The molecule has 0 aliphatic carbocycles. The summed E-state index contributed by atoms with van der Waals surface area (Å²) in [6.07, 6.45) is 3.08. The fraction of sp³-hybridized carbons (Fsp3) is 0.500. The molecule has 1 rings (SSSR count). The van der Waals surface area contributed by atoms with Gasteiger partial charge in [-0.1, -0.05) is 12.1 Å². The molecule has 0 saturated carbocycles. The third-order valence-corrected chi connectivity index (χ3v) is 3.56. The predicted molar refractivity (Wildman–Crippen MR) is 81.8 cm³/mol. The minimum atomic E-state index is -0.719. The maximum absolute atomic E-state index is 10.4. The van der Waals surface area contributed by atoms with Crippen molar-refractivity contribution >= 4 is 28.6 Å². The number of benzene rings is 1. The van der Waals surface area contributed by atoms with Crippen LogP contribution in [-0.4, -0.2) is 23.7 Å². The van der Waals surface area contributed by atoms with Crippen LogP contribution in [0.5, 0.6) is 0 Å². The average molecular weight is 361 g/mol. The van der Waals surface area contributed by atoms with Gasteiger partial charge < -0.3 is 10.4 Å². The van der Waals surface area contributed by atoms with Crippen LogP contribution >= 0.6 is 22.6 Å². The second kappa shape index (κ2) is 8.48. The van der Waals surface area contributed by atoms with Crippen LogP contribution in [0.1, 0.15) is 31.7 Å². The van der Waals surface area contributed by atoms with E-state index >= 15 is 0 Å². The molecule has 0 spiro atoms. The molecule has 2 N–H and O–H groups in total. The van der Waals surface area contributed by atoms with Crippen molar-refractivity contribution in [2.24, 2.45) is 0 Å². The first-order valence-electron chi connectivity index (χ1n) is 6.27. The van der Waals surface area contributed by atoms with Gasteiger partial charge in [0.15, 0.2) is 0 Å². The smallest absolute Gasteiger partial charge is 0.303 e. The van der Waals surface area contributed by atoms with Gasteiger partial charge in [-0.2, -0.15) is 0 Å². The molecule has 0 aliphatic rings. The Morgan fingerprint density at radius 2 is 2.06 bits per heavy atom. The first-order valence-corrected chi connectivity index (χ1v) is 7.35. The van der Waals surface area contributed by atoms with Crippen molar-refractivity contribution in [2.75, 3.05) is 6.54 Å². The lowest BCUT2D eigenvalue weighted by Gasteiger charge is -2.13. The van der Waals surface area contributed by atoms with Gasteiger partial charge >= 0.3 is 5.97 Å². The second-order valence-electron chi connectivity index (χ2n) is 4.52. The molecule has 1 atom stereocenters. The number of carbonyl (C=O) groups is 1. The van der Waals surface area contributed by atoms with Gasteiger partial charge in [0.2, 0.25) is 0 Å². The molecular formula is C14H20INO2. The normalized spacial score (nSPS) is 12.3. The molecule has 18 heavy (non-hydrogen) atoms. The van der Waals surface area contributed by atoms with Gasteiger partial charge in [-0.15, -0.1) is 0 Å². The number of rotatable bonds is 8. The lowest BCUT2D eigenvalue weighted by atomic mass is 10.1. The van der Waals surface area contributed by atoms with Crippen molar-refractivity contribution in [2.45, 2.75) is 38.6 Å². The summed E-state index contributed by atoms with van der Waals surface area (Å²) in [7, 11) is 0. The van der Waals surface area contributed by atoms with E-state index in [0.29, 0.717) is 12.5 Å². The minimum absolute atomic E-state index is 0.247. The Labute approximate surface area is 122 Å². The number of carboxylic acids is 1. The van der Waals surface area contributed by atoms with Crippen molar-refractivity contribution in [3.05, 3.63) is 33.4 Å². The van der Waals surface area contributed by atoms with Crippen LogP contribution in [0.15, 0.2) is 24.3 Å². The topological polar surface area (TPSA) is 49.3 Å². The van der Waals surface area contributed by atoms with Crippen molar-refractivity contribution < 1.29 is 9.90 Å². The molecule has 4 heteroatoms. The van der Waals surface area contributed by atoms with Gasteiger partial charge in [0, 0.05) is 16.0 Å². The Balaban J connectivity index is 2.14. The Kier molecular flexibility index (Phi) is 7.27. The lowest BCUT2D eigenvalue weighted by Crippen LogP contribution is -2.27. The third-order valence-electron chi connectivity index (χ3n) is 2.84. The van der Waals surface area contributed by atoms with Crippen LogP contribution in [0.4, 0.5) is 0 Å². The minimum Gasteiger partial charge on any atom is -0.481 e. The molecule has 0 bridgehead atoms. The van der Waals surface area contributed by atoms with E-state index in [1.165, 1.54) is 9.13 Å². The van der Waals surface area contributed by atoms with Crippen molar-refractivity contribution in [1.82, 2.24) is 5.32 Å². The molecule has 1 aromatic rings. The summed E-state index contributed by atoms with van der Waals surface area (Å²) in [4.78, 5) is 10.4. The molecule has 0 heterocycles. The summed E-state index contributed by atoms with van der Waals surface area (Å²) >= 11 is 2.31. The Morgan fingerprint density at radius 1 is 1.39 bits per heavy atom. The van der Waals surface area contributed by atoms with E-state index < -0.39 is 5.97 Å². The monoisotopic (exact) mass is 361 g/mol. The maximum atomic E-state index is 10.4. The quantitative estimate of drug-likeness (QED) is 0.553. The Morgan fingerprint density at radius 3 is 2.67 bits per heavy atom. The van der Waals surface area contributed by atoms with Gasteiger partial charge in [-0.25, -0.2) is 0 Å². The van der Waals surface area contributed by atoms with Gasteiger partial charge in [0.05, 0.1) is 0 Å². The molecule has 0 saturated heterocycles. The molecule has 1 unspecified atom stereocenters. The zero-order valence-corrected chi connectivity index (χ0v) is 12.8. The van der Waals surface area contributed by atoms with Crippen LogP contribution in [0.3, 0.4) is 0 Å². The van der Waals surface area contributed by atoms with Crippen LogP contribution in [0, 0.1) is 3.57 Å². The van der Waals surface area contributed by atoms with E-state index in [1.54, 1.807) is 0 Å². The number of aryl methyl sites for hydroxylation is 1. The summed E-state index contributed by atoms with van der Waals surface area (Å²) in [6, 6.07) is 9.01. The molecule has 0 fully saturated rings. The molecule has 100 valence electrons.